The molecule has 14 heteroatoms. The summed E-state index contributed by atoms with van der Waals surface area (Å²) < 4.78 is 33.4. The Balaban J connectivity index is 1.02. The van der Waals surface area contributed by atoms with Gasteiger partial charge in [-0.2, -0.15) is 0 Å². The lowest BCUT2D eigenvalue weighted by Gasteiger charge is -2.43. The molecule has 4 aliphatic heterocycles. The molecule has 0 aliphatic carbocycles. The molecule has 0 saturated carbocycles. The number of hydrogen-bond acceptors (Lipinski definition) is 7. The van der Waals surface area contributed by atoms with Crippen LogP contribution in [0, 0.1) is 11.6 Å². The second-order valence-corrected chi connectivity index (χ2v) is 15.3. The van der Waals surface area contributed by atoms with Gasteiger partial charge in [-0.15, -0.1) is 0 Å². The Morgan fingerprint density at radius 3 is 2.19 bits per heavy atom. The van der Waals surface area contributed by atoms with Gasteiger partial charge >= 0.3 is 18.0 Å². The molecule has 52 heavy (non-hydrogen) atoms. The summed E-state index contributed by atoms with van der Waals surface area (Å²) in [4.78, 5) is 62.6. The number of nitrogens with one attached hydrogen (secondary N) is 2. The average Bonchev–Trinajstić information content (AvgIpc) is 3.12. The van der Waals surface area contributed by atoms with Gasteiger partial charge in [0.15, 0.2) is 11.6 Å². The van der Waals surface area contributed by atoms with Crippen molar-refractivity contribution in [2.75, 3.05) is 64.2 Å². The first-order chi connectivity index (χ1) is 24.8. The van der Waals surface area contributed by atoms with E-state index >= 15 is 0 Å². The molecule has 3 fully saturated rings. The SMILES string of the molecule is CC(C)(C)OC(=O)CN1CCN(C2CCN(C(=O)C(Cc3ccc(F)c(F)c3)NC(=O)N3CCC(N4Cc5ccccc5NC4=O)CC3)CC2)CC1. The number of rotatable bonds is 8. The van der Waals surface area contributed by atoms with Gasteiger partial charge in [0.05, 0.1) is 6.54 Å². The number of fused-ring (bicyclic) bond motifs is 1. The van der Waals surface area contributed by atoms with Crippen LogP contribution in [-0.4, -0.2) is 131 Å². The van der Waals surface area contributed by atoms with Crippen LogP contribution in [0.3, 0.4) is 0 Å². The van der Waals surface area contributed by atoms with Crippen LogP contribution in [0.25, 0.3) is 0 Å². The third kappa shape index (κ3) is 9.37. The van der Waals surface area contributed by atoms with E-state index in [2.05, 4.69) is 20.4 Å². The lowest BCUT2D eigenvalue weighted by molar-refractivity contribution is -0.156. The minimum absolute atomic E-state index is 0.0190. The van der Waals surface area contributed by atoms with Crippen molar-refractivity contribution in [3.63, 3.8) is 0 Å². The Kier molecular flexibility index (Phi) is 11.6. The van der Waals surface area contributed by atoms with Gasteiger partial charge in [-0.05, 0) is 75.8 Å². The number of likely N-dealkylation sites (tertiary alicyclic amines) is 2. The summed E-state index contributed by atoms with van der Waals surface area (Å²) in [5.74, 6) is -2.46. The average molecular weight is 724 g/mol. The summed E-state index contributed by atoms with van der Waals surface area (Å²) >= 11 is 0. The van der Waals surface area contributed by atoms with E-state index in [-0.39, 0.29) is 36.9 Å². The first-order valence-electron chi connectivity index (χ1n) is 18.4. The molecule has 282 valence electrons. The van der Waals surface area contributed by atoms with Gasteiger partial charge in [-0.1, -0.05) is 24.3 Å². The van der Waals surface area contributed by atoms with Crippen molar-refractivity contribution in [2.24, 2.45) is 0 Å². The molecule has 2 N–H and O–H groups in total. The molecule has 0 bridgehead atoms. The van der Waals surface area contributed by atoms with E-state index in [0.717, 1.165) is 62.4 Å². The van der Waals surface area contributed by atoms with Crippen molar-refractivity contribution < 1.29 is 32.7 Å². The second kappa shape index (κ2) is 16.2. The molecular weight excluding hydrogens is 672 g/mol. The molecule has 12 nitrogen and oxygen atoms in total. The summed E-state index contributed by atoms with van der Waals surface area (Å²) in [7, 11) is 0. The molecule has 1 unspecified atom stereocenters. The maximum absolute atomic E-state index is 14.2. The Morgan fingerprint density at radius 2 is 1.52 bits per heavy atom. The minimum Gasteiger partial charge on any atom is -0.459 e. The normalized spacial score (nSPS) is 20.2. The predicted molar refractivity (Wildman–Crippen MR) is 191 cm³/mol. The summed E-state index contributed by atoms with van der Waals surface area (Å²) in [5.41, 5.74) is 1.76. The van der Waals surface area contributed by atoms with Gasteiger partial charge in [0.2, 0.25) is 5.91 Å². The number of esters is 1. The van der Waals surface area contributed by atoms with Crippen LogP contribution in [0.5, 0.6) is 0 Å². The zero-order valence-corrected chi connectivity index (χ0v) is 30.4. The van der Waals surface area contributed by atoms with Gasteiger partial charge < -0.3 is 30.1 Å². The lowest BCUT2D eigenvalue weighted by Crippen LogP contribution is -2.58. The van der Waals surface area contributed by atoms with Crippen LogP contribution in [0.15, 0.2) is 42.5 Å². The van der Waals surface area contributed by atoms with Crippen molar-refractivity contribution in [3.8, 4) is 0 Å². The van der Waals surface area contributed by atoms with Crippen molar-refractivity contribution in [2.45, 2.75) is 83.1 Å². The van der Waals surface area contributed by atoms with Crippen LogP contribution in [0.2, 0.25) is 0 Å². The molecule has 2 aromatic rings. The van der Waals surface area contributed by atoms with Crippen LogP contribution < -0.4 is 10.6 Å². The topological polar surface area (TPSA) is 118 Å². The number of carbonyl (C=O) groups is 4. The molecule has 4 aliphatic rings. The Labute approximate surface area is 304 Å². The number of piperazine rings is 1. The Bertz CT molecular complexity index is 1610. The van der Waals surface area contributed by atoms with E-state index in [1.54, 1.807) is 9.80 Å². The number of halogens is 2. The van der Waals surface area contributed by atoms with Crippen LogP contribution in [0.4, 0.5) is 24.1 Å². The number of hydrogen-bond donors (Lipinski definition) is 2. The van der Waals surface area contributed by atoms with E-state index < -0.39 is 29.3 Å². The minimum atomic E-state index is -1.01. The Hall–Kier alpha value is -4.30. The summed E-state index contributed by atoms with van der Waals surface area (Å²) in [5, 5.41) is 5.88. The quantitative estimate of drug-likeness (QED) is 0.395. The molecule has 0 aromatic heterocycles. The molecule has 4 heterocycles. The molecule has 1 atom stereocenters. The van der Waals surface area contributed by atoms with Crippen LogP contribution in [0.1, 0.15) is 57.6 Å². The predicted octanol–water partition coefficient (Wildman–Crippen LogP) is 4.05. The second-order valence-electron chi connectivity index (χ2n) is 15.3. The summed E-state index contributed by atoms with van der Waals surface area (Å²) in [6.07, 6.45) is 2.74. The number of piperidine rings is 2. The highest BCUT2D eigenvalue weighted by molar-refractivity contribution is 5.92. The first-order valence-corrected chi connectivity index (χ1v) is 18.4. The lowest BCUT2D eigenvalue weighted by atomic mass is 9.99. The number of urea groups is 2. The zero-order chi connectivity index (χ0) is 37.0. The van der Waals surface area contributed by atoms with Crippen molar-refractivity contribution in [1.82, 2.24) is 29.8 Å². The zero-order valence-electron chi connectivity index (χ0n) is 30.4. The standard InChI is InChI=1S/C38H51F2N7O5/c1-38(2,3)52-34(48)25-43-18-20-44(21-19-43)28-10-14-45(15-11-28)35(49)33(23-26-8-9-30(39)31(40)22-26)42-36(50)46-16-12-29(13-17-46)47-24-27-6-4-5-7-32(27)41-37(47)51/h4-9,22,28-29,33H,10-21,23-25H2,1-3H3,(H,41,51)(H,42,50). The fourth-order valence-corrected chi connectivity index (χ4v) is 7.76. The number of benzene rings is 2. The number of anilines is 1. The molecule has 0 spiro atoms. The van der Waals surface area contributed by atoms with Gasteiger partial charge in [-0.25, -0.2) is 18.4 Å². The Morgan fingerprint density at radius 1 is 0.865 bits per heavy atom. The van der Waals surface area contributed by atoms with E-state index in [1.165, 1.54) is 6.07 Å². The third-order valence-corrected chi connectivity index (χ3v) is 10.5. The molecular formula is C38H51F2N7O5. The molecule has 0 radical (unpaired) electrons. The van der Waals surface area contributed by atoms with E-state index in [9.17, 15) is 28.0 Å². The van der Waals surface area contributed by atoms with Crippen LogP contribution in [-0.2, 0) is 27.3 Å². The summed E-state index contributed by atoms with van der Waals surface area (Å²) in [6, 6.07) is 10.0. The maximum Gasteiger partial charge on any atom is 0.322 e. The largest absolute Gasteiger partial charge is 0.459 e. The maximum atomic E-state index is 14.2. The van der Waals surface area contributed by atoms with Gasteiger partial charge in [0.25, 0.3) is 0 Å². The highest BCUT2D eigenvalue weighted by atomic mass is 19.2. The van der Waals surface area contributed by atoms with E-state index in [1.807, 2.05) is 49.9 Å². The number of amides is 5. The smallest absolute Gasteiger partial charge is 0.322 e. The van der Waals surface area contributed by atoms with Crippen LogP contribution >= 0.6 is 0 Å². The number of ether oxygens (including phenoxy) is 1. The number of carbonyl (C=O) groups excluding carboxylic acids is 4. The highest BCUT2D eigenvalue weighted by Crippen LogP contribution is 2.28. The van der Waals surface area contributed by atoms with Gasteiger partial charge in [-0.3, -0.25) is 19.4 Å². The van der Waals surface area contributed by atoms with Crippen molar-refractivity contribution in [3.05, 3.63) is 65.2 Å². The first kappa shape index (κ1) is 37.5. The van der Waals surface area contributed by atoms with Gasteiger partial charge in [0, 0.05) is 83.1 Å². The number of nitrogens with zero attached hydrogens (tertiary/aromatic N) is 5. The van der Waals surface area contributed by atoms with Crippen molar-refractivity contribution in [1.29, 1.82) is 0 Å². The monoisotopic (exact) mass is 723 g/mol. The molecule has 5 amide bonds. The highest BCUT2D eigenvalue weighted by Gasteiger charge is 2.36. The van der Waals surface area contributed by atoms with Gasteiger partial charge in [0.1, 0.15) is 11.6 Å². The van der Waals surface area contributed by atoms with E-state index in [4.69, 9.17) is 4.74 Å². The number of para-hydroxylation sites is 1. The third-order valence-electron chi connectivity index (χ3n) is 10.5. The molecule has 6 rings (SSSR count). The molecule has 2 aromatic carbocycles. The van der Waals surface area contributed by atoms with Crippen molar-refractivity contribution >= 4 is 29.6 Å². The molecule has 3 saturated heterocycles. The van der Waals surface area contributed by atoms with E-state index in [0.29, 0.717) is 57.2 Å². The fraction of sp³-hybridized carbons (Fsp3) is 0.579. The summed E-state index contributed by atoms with van der Waals surface area (Å²) in [6.45, 7) is 11.4. The fourth-order valence-electron chi connectivity index (χ4n) is 7.76.